The molecule has 0 saturated heterocycles. The lowest BCUT2D eigenvalue weighted by Crippen LogP contribution is -1.92. The minimum atomic E-state index is 0.643. The van der Waals surface area contributed by atoms with Crippen LogP contribution in [0.3, 0.4) is 0 Å². The molecule has 0 aromatic heterocycles. The van der Waals surface area contributed by atoms with Crippen LogP contribution < -0.4 is 0 Å². The molecule has 0 aliphatic heterocycles. The van der Waals surface area contributed by atoms with E-state index in [-0.39, 0.29) is 0 Å². The lowest BCUT2D eigenvalue weighted by molar-refractivity contribution is 0.159. The van der Waals surface area contributed by atoms with Crippen LogP contribution in [0, 0.1) is 12.3 Å². The van der Waals surface area contributed by atoms with E-state index in [9.17, 15) is 0 Å². The highest BCUT2D eigenvalue weighted by molar-refractivity contribution is 5.08. The Balaban J connectivity index is 2.92. The molecule has 0 amide bonds. The van der Waals surface area contributed by atoms with E-state index in [1.165, 1.54) is 6.42 Å². The van der Waals surface area contributed by atoms with Crippen LogP contribution in [-0.4, -0.2) is 13.2 Å². The Morgan fingerprint density at radius 1 is 1.60 bits per heavy atom. The molecule has 0 radical (unpaired) electrons. The first-order valence-electron chi connectivity index (χ1n) is 3.60. The number of ether oxygens (including phenoxy) is 1. The van der Waals surface area contributed by atoms with Gasteiger partial charge in [0.25, 0.3) is 0 Å². The van der Waals surface area contributed by atoms with E-state index in [2.05, 4.69) is 12.8 Å². The normalized spacial score (nSPS) is 10.0. The van der Waals surface area contributed by atoms with E-state index in [0.717, 1.165) is 13.0 Å². The molecule has 1 heteroatoms. The number of terminal acetylenes is 1. The van der Waals surface area contributed by atoms with Gasteiger partial charge in [-0.25, -0.2) is 0 Å². The highest BCUT2D eigenvalue weighted by Gasteiger charge is 1.81. The fourth-order valence-electron chi connectivity index (χ4n) is 0.514. The third-order valence-electron chi connectivity index (χ3n) is 1.07. The van der Waals surface area contributed by atoms with Gasteiger partial charge in [0.15, 0.2) is 0 Å². The number of hydrogen-bond acceptors (Lipinski definition) is 1. The molecule has 0 atom stereocenters. The lowest BCUT2D eigenvalue weighted by Gasteiger charge is -1.96. The first-order valence-corrected chi connectivity index (χ1v) is 3.60. The Morgan fingerprint density at radius 3 is 3.00 bits per heavy atom. The van der Waals surface area contributed by atoms with Crippen molar-refractivity contribution in [2.75, 3.05) is 13.2 Å². The number of hydrogen-bond donors (Lipinski definition) is 0. The maximum atomic E-state index is 5.19. The van der Waals surface area contributed by atoms with Gasteiger partial charge < -0.3 is 4.74 Å². The summed E-state index contributed by atoms with van der Waals surface area (Å²) in [6.07, 6.45) is 10.8. The van der Waals surface area contributed by atoms with Crippen molar-refractivity contribution in [2.24, 2.45) is 0 Å². The first kappa shape index (κ1) is 9.26. The van der Waals surface area contributed by atoms with Crippen molar-refractivity contribution in [2.45, 2.75) is 19.8 Å². The van der Waals surface area contributed by atoms with Crippen molar-refractivity contribution < 1.29 is 4.74 Å². The Bertz CT molecular complexity index is 119. The zero-order valence-electron chi connectivity index (χ0n) is 6.47. The summed E-state index contributed by atoms with van der Waals surface area (Å²) in [7, 11) is 0. The van der Waals surface area contributed by atoms with E-state index >= 15 is 0 Å². The molecule has 0 aliphatic carbocycles. The molecule has 1 nitrogen and oxygen atoms in total. The summed E-state index contributed by atoms with van der Waals surface area (Å²) in [4.78, 5) is 0. The standard InChI is InChI=1S/C9H14O/c1-3-5-7-9-10-8-6-4-2/h1,5,7H,4,6,8-9H2,2H3/b7-5+. The fraction of sp³-hybridized carbons (Fsp3) is 0.556. The Labute approximate surface area is 63.1 Å². The summed E-state index contributed by atoms with van der Waals surface area (Å²) < 4.78 is 5.19. The maximum absolute atomic E-state index is 5.19. The van der Waals surface area contributed by atoms with Gasteiger partial charge in [-0.2, -0.15) is 0 Å². The van der Waals surface area contributed by atoms with Gasteiger partial charge in [-0.3, -0.25) is 0 Å². The molecule has 0 spiro atoms. The fourth-order valence-corrected chi connectivity index (χ4v) is 0.514. The zero-order valence-corrected chi connectivity index (χ0v) is 6.47. The van der Waals surface area contributed by atoms with Crippen LogP contribution >= 0.6 is 0 Å². The molecular weight excluding hydrogens is 124 g/mol. The molecule has 0 rings (SSSR count). The summed E-state index contributed by atoms with van der Waals surface area (Å²) >= 11 is 0. The summed E-state index contributed by atoms with van der Waals surface area (Å²) in [5.74, 6) is 2.40. The van der Waals surface area contributed by atoms with Gasteiger partial charge in [-0.1, -0.05) is 25.3 Å². The molecule has 0 N–H and O–H groups in total. The molecule has 0 fully saturated rings. The molecule has 0 saturated carbocycles. The van der Waals surface area contributed by atoms with Crippen molar-refractivity contribution in [3.05, 3.63) is 12.2 Å². The lowest BCUT2D eigenvalue weighted by atomic mass is 10.4. The van der Waals surface area contributed by atoms with E-state index in [4.69, 9.17) is 11.2 Å². The minimum Gasteiger partial charge on any atom is -0.377 e. The SMILES string of the molecule is C#C/C=C/COCCCC. The van der Waals surface area contributed by atoms with E-state index in [1.54, 1.807) is 6.08 Å². The van der Waals surface area contributed by atoms with E-state index < -0.39 is 0 Å². The van der Waals surface area contributed by atoms with Crippen LogP contribution in [0.15, 0.2) is 12.2 Å². The predicted molar refractivity (Wildman–Crippen MR) is 43.7 cm³/mol. The third kappa shape index (κ3) is 7.26. The average molecular weight is 138 g/mol. The van der Waals surface area contributed by atoms with Gasteiger partial charge in [0.1, 0.15) is 0 Å². The Kier molecular flexibility index (Phi) is 7.65. The van der Waals surface area contributed by atoms with E-state index in [0.29, 0.717) is 6.61 Å². The molecule has 0 aromatic rings. The second-order valence-electron chi connectivity index (χ2n) is 2.00. The minimum absolute atomic E-state index is 0.643. The number of unbranched alkanes of at least 4 members (excludes halogenated alkanes) is 1. The van der Waals surface area contributed by atoms with Crippen LogP contribution in [0.4, 0.5) is 0 Å². The first-order chi connectivity index (χ1) is 4.91. The van der Waals surface area contributed by atoms with E-state index in [1.807, 2.05) is 6.08 Å². The predicted octanol–water partition coefficient (Wildman–Crippen LogP) is 1.99. The summed E-state index contributed by atoms with van der Waals surface area (Å²) in [5.41, 5.74) is 0. The highest BCUT2D eigenvalue weighted by atomic mass is 16.5. The van der Waals surface area contributed by atoms with Crippen molar-refractivity contribution in [3.8, 4) is 12.3 Å². The van der Waals surface area contributed by atoms with Crippen LogP contribution in [0.1, 0.15) is 19.8 Å². The van der Waals surface area contributed by atoms with Gasteiger partial charge in [0.2, 0.25) is 0 Å². The molecule has 0 aromatic carbocycles. The van der Waals surface area contributed by atoms with Crippen molar-refractivity contribution in [3.63, 3.8) is 0 Å². The second kappa shape index (κ2) is 8.26. The third-order valence-corrected chi connectivity index (χ3v) is 1.07. The topological polar surface area (TPSA) is 9.23 Å². The Hall–Kier alpha value is -0.740. The van der Waals surface area contributed by atoms with Crippen LogP contribution in [0.5, 0.6) is 0 Å². The molecule has 0 unspecified atom stereocenters. The smallest absolute Gasteiger partial charge is 0.0656 e. The molecule has 0 bridgehead atoms. The average Bonchev–Trinajstić information content (AvgIpc) is 1.97. The summed E-state index contributed by atoms with van der Waals surface area (Å²) in [5, 5.41) is 0. The van der Waals surface area contributed by atoms with Gasteiger partial charge in [-0.15, -0.1) is 6.42 Å². The van der Waals surface area contributed by atoms with Crippen molar-refractivity contribution in [1.29, 1.82) is 0 Å². The van der Waals surface area contributed by atoms with Crippen LogP contribution in [0.25, 0.3) is 0 Å². The van der Waals surface area contributed by atoms with Gasteiger partial charge in [-0.05, 0) is 12.5 Å². The second-order valence-corrected chi connectivity index (χ2v) is 2.00. The summed E-state index contributed by atoms with van der Waals surface area (Å²) in [6, 6.07) is 0. The maximum Gasteiger partial charge on any atom is 0.0656 e. The highest BCUT2D eigenvalue weighted by Crippen LogP contribution is 1.87. The summed E-state index contributed by atoms with van der Waals surface area (Å²) in [6.45, 7) is 3.62. The zero-order chi connectivity index (χ0) is 7.66. The van der Waals surface area contributed by atoms with Crippen LogP contribution in [-0.2, 0) is 4.74 Å². The number of allylic oxidation sites excluding steroid dienone is 1. The van der Waals surface area contributed by atoms with Gasteiger partial charge in [0.05, 0.1) is 6.61 Å². The van der Waals surface area contributed by atoms with Crippen molar-refractivity contribution >= 4 is 0 Å². The molecule has 56 valence electrons. The quantitative estimate of drug-likeness (QED) is 0.417. The van der Waals surface area contributed by atoms with Gasteiger partial charge >= 0.3 is 0 Å². The molecule has 10 heavy (non-hydrogen) atoms. The van der Waals surface area contributed by atoms with Crippen molar-refractivity contribution in [1.82, 2.24) is 0 Å². The number of rotatable bonds is 5. The molecule has 0 aliphatic rings. The molecule has 0 heterocycles. The largest absolute Gasteiger partial charge is 0.377 e. The Morgan fingerprint density at radius 2 is 2.40 bits per heavy atom. The monoisotopic (exact) mass is 138 g/mol. The molecular formula is C9H14O. The van der Waals surface area contributed by atoms with Crippen LogP contribution in [0.2, 0.25) is 0 Å². The van der Waals surface area contributed by atoms with Gasteiger partial charge in [0, 0.05) is 6.61 Å².